The Labute approximate surface area is 123 Å². The molecule has 0 saturated heterocycles. The minimum Gasteiger partial charge on any atom is -0.349 e. The van der Waals surface area contributed by atoms with Crippen molar-refractivity contribution in [2.75, 3.05) is 0 Å². The van der Waals surface area contributed by atoms with Crippen molar-refractivity contribution in [3.8, 4) is 0 Å². The highest BCUT2D eigenvalue weighted by atomic mass is 32.1. The number of aromatic nitrogens is 2. The van der Waals surface area contributed by atoms with Crippen molar-refractivity contribution in [2.45, 2.75) is 39.7 Å². The highest BCUT2D eigenvalue weighted by Gasteiger charge is 2.15. The van der Waals surface area contributed by atoms with Crippen molar-refractivity contribution in [1.82, 2.24) is 15.3 Å². The summed E-state index contributed by atoms with van der Waals surface area (Å²) in [6.07, 6.45) is 5.36. The normalized spacial score (nSPS) is 10.8. The molecule has 0 radical (unpaired) electrons. The number of nitrogens with zero attached hydrogens (tertiary/aromatic N) is 2. The molecule has 2 aromatic heterocycles. The van der Waals surface area contributed by atoms with Gasteiger partial charge in [0.1, 0.15) is 4.88 Å². The third-order valence-electron chi connectivity index (χ3n) is 2.84. The molecule has 0 bridgehead atoms. The van der Waals surface area contributed by atoms with Gasteiger partial charge in [-0.05, 0) is 44.9 Å². The lowest BCUT2D eigenvalue weighted by molar-refractivity contribution is 0.0946. The summed E-state index contributed by atoms with van der Waals surface area (Å²) in [7, 11) is 0. The van der Waals surface area contributed by atoms with E-state index in [1.165, 1.54) is 16.9 Å². The zero-order valence-electron chi connectivity index (χ0n) is 12.0. The van der Waals surface area contributed by atoms with Gasteiger partial charge in [-0.25, -0.2) is 4.98 Å². The van der Waals surface area contributed by atoms with Gasteiger partial charge in [0, 0.05) is 24.9 Å². The first-order chi connectivity index (χ1) is 9.56. The quantitative estimate of drug-likeness (QED) is 0.921. The molecular formula is C15H19N3OS. The third-order valence-corrected chi connectivity index (χ3v) is 4.06. The number of pyridine rings is 1. The first kappa shape index (κ1) is 14.7. The molecule has 0 aliphatic carbocycles. The third kappa shape index (κ3) is 3.87. The van der Waals surface area contributed by atoms with Gasteiger partial charge in [0.25, 0.3) is 5.91 Å². The summed E-state index contributed by atoms with van der Waals surface area (Å²) in [5, 5.41) is 3.92. The summed E-state index contributed by atoms with van der Waals surface area (Å²) >= 11 is 1.49. The van der Waals surface area contributed by atoms with Gasteiger partial charge in [0.2, 0.25) is 0 Å². The first-order valence-corrected chi connectivity index (χ1v) is 7.54. The number of rotatable bonds is 5. The van der Waals surface area contributed by atoms with Crippen LogP contribution in [0.1, 0.15) is 39.8 Å². The topological polar surface area (TPSA) is 54.9 Å². The second-order valence-electron chi connectivity index (χ2n) is 5.01. The molecule has 1 amide bonds. The second kappa shape index (κ2) is 6.61. The van der Waals surface area contributed by atoms with E-state index in [1.807, 2.05) is 32.9 Å². The van der Waals surface area contributed by atoms with Gasteiger partial charge in [-0.15, -0.1) is 11.3 Å². The minimum atomic E-state index is -0.0230. The van der Waals surface area contributed by atoms with Crippen LogP contribution in [0.25, 0.3) is 0 Å². The molecule has 20 heavy (non-hydrogen) atoms. The molecule has 0 saturated carbocycles. The number of thiazole rings is 1. The van der Waals surface area contributed by atoms with E-state index >= 15 is 0 Å². The van der Waals surface area contributed by atoms with E-state index in [4.69, 9.17) is 0 Å². The van der Waals surface area contributed by atoms with E-state index in [1.54, 1.807) is 12.4 Å². The summed E-state index contributed by atoms with van der Waals surface area (Å²) in [6.45, 7) is 5.80. The fourth-order valence-corrected chi connectivity index (χ4v) is 2.87. The first-order valence-electron chi connectivity index (χ1n) is 6.72. The summed E-state index contributed by atoms with van der Waals surface area (Å²) in [4.78, 5) is 21.2. The van der Waals surface area contributed by atoms with Gasteiger partial charge >= 0.3 is 0 Å². The fraction of sp³-hybridized carbons (Fsp3) is 0.400. The van der Waals surface area contributed by atoms with Crippen LogP contribution in [-0.4, -0.2) is 21.9 Å². The van der Waals surface area contributed by atoms with Gasteiger partial charge < -0.3 is 5.32 Å². The van der Waals surface area contributed by atoms with Crippen molar-refractivity contribution in [1.29, 1.82) is 0 Å². The molecule has 0 unspecified atom stereocenters. The number of nitrogens with one attached hydrogen (secondary N) is 1. The number of aryl methyl sites for hydroxylation is 3. The molecular weight excluding hydrogens is 270 g/mol. The van der Waals surface area contributed by atoms with Crippen LogP contribution in [0.4, 0.5) is 0 Å². The van der Waals surface area contributed by atoms with E-state index in [0.717, 1.165) is 28.4 Å². The SMILES string of the molecule is Cc1nc(CCc2ccncc2)sc1C(=O)NC(C)C. The Morgan fingerprint density at radius 3 is 2.65 bits per heavy atom. The zero-order chi connectivity index (χ0) is 14.5. The van der Waals surface area contributed by atoms with Gasteiger partial charge in [-0.3, -0.25) is 9.78 Å². The predicted molar refractivity (Wildman–Crippen MR) is 81.1 cm³/mol. The number of carbonyl (C=O) groups is 1. The summed E-state index contributed by atoms with van der Waals surface area (Å²) in [6, 6.07) is 4.16. The van der Waals surface area contributed by atoms with Crippen molar-refractivity contribution in [3.63, 3.8) is 0 Å². The Kier molecular flexibility index (Phi) is 4.84. The van der Waals surface area contributed by atoms with Crippen LogP contribution in [0.15, 0.2) is 24.5 Å². The molecule has 106 valence electrons. The number of carbonyl (C=O) groups excluding carboxylic acids is 1. The van der Waals surface area contributed by atoms with E-state index in [2.05, 4.69) is 15.3 Å². The van der Waals surface area contributed by atoms with Crippen molar-refractivity contribution in [2.24, 2.45) is 0 Å². The summed E-state index contributed by atoms with van der Waals surface area (Å²) in [5.74, 6) is -0.0230. The molecule has 0 aromatic carbocycles. The maximum Gasteiger partial charge on any atom is 0.263 e. The smallest absolute Gasteiger partial charge is 0.263 e. The predicted octanol–water partition coefficient (Wildman–Crippen LogP) is 2.77. The van der Waals surface area contributed by atoms with Crippen LogP contribution in [0.2, 0.25) is 0 Å². The lowest BCUT2D eigenvalue weighted by Gasteiger charge is -2.06. The molecule has 0 aliphatic heterocycles. The van der Waals surface area contributed by atoms with Gasteiger partial charge in [0.05, 0.1) is 10.7 Å². The maximum absolute atomic E-state index is 12.0. The Morgan fingerprint density at radius 1 is 1.30 bits per heavy atom. The highest BCUT2D eigenvalue weighted by Crippen LogP contribution is 2.19. The van der Waals surface area contributed by atoms with Crippen LogP contribution >= 0.6 is 11.3 Å². The molecule has 1 N–H and O–H groups in total. The lowest BCUT2D eigenvalue weighted by Crippen LogP contribution is -2.29. The fourth-order valence-electron chi connectivity index (χ4n) is 1.90. The molecule has 2 rings (SSSR count). The van der Waals surface area contributed by atoms with Crippen molar-refractivity contribution in [3.05, 3.63) is 45.7 Å². The summed E-state index contributed by atoms with van der Waals surface area (Å²) < 4.78 is 0. The standard InChI is InChI=1S/C15H19N3OS/c1-10(2)17-15(19)14-11(3)18-13(20-14)5-4-12-6-8-16-9-7-12/h6-10H,4-5H2,1-3H3,(H,17,19). The number of amides is 1. The molecule has 2 heterocycles. The maximum atomic E-state index is 12.0. The van der Waals surface area contributed by atoms with Gasteiger partial charge in [-0.1, -0.05) is 0 Å². The van der Waals surface area contributed by atoms with E-state index in [0.29, 0.717) is 0 Å². The van der Waals surface area contributed by atoms with E-state index in [9.17, 15) is 4.79 Å². The monoisotopic (exact) mass is 289 g/mol. The van der Waals surface area contributed by atoms with E-state index in [-0.39, 0.29) is 11.9 Å². The van der Waals surface area contributed by atoms with Gasteiger partial charge in [-0.2, -0.15) is 0 Å². The summed E-state index contributed by atoms with van der Waals surface area (Å²) in [5.41, 5.74) is 2.05. The Bertz CT molecular complexity index is 578. The molecule has 0 aliphatic rings. The molecule has 0 spiro atoms. The zero-order valence-corrected chi connectivity index (χ0v) is 12.8. The number of hydrogen-bond acceptors (Lipinski definition) is 4. The number of hydrogen-bond donors (Lipinski definition) is 1. The van der Waals surface area contributed by atoms with Gasteiger partial charge in [0.15, 0.2) is 0 Å². The van der Waals surface area contributed by atoms with Crippen molar-refractivity contribution >= 4 is 17.2 Å². The van der Waals surface area contributed by atoms with E-state index < -0.39 is 0 Å². The van der Waals surface area contributed by atoms with Crippen LogP contribution in [0.3, 0.4) is 0 Å². The molecule has 5 heteroatoms. The average Bonchev–Trinajstić information content (AvgIpc) is 2.78. The lowest BCUT2D eigenvalue weighted by atomic mass is 10.1. The molecule has 4 nitrogen and oxygen atoms in total. The molecule has 0 atom stereocenters. The van der Waals surface area contributed by atoms with Crippen molar-refractivity contribution < 1.29 is 4.79 Å². The van der Waals surface area contributed by atoms with Crippen LogP contribution in [0, 0.1) is 6.92 Å². The Hall–Kier alpha value is -1.75. The minimum absolute atomic E-state index is 0.0230. The molecule has 2 aromatic rings. The van der Waals surface area contributed by atoms with Crippen LogP contribution in [0.5, 0.6) is 0 Å². The average molecular weight is 289 g/mol. The second-order valence-corrected chi connectivity index (χ2v) is 6.09. The Balaban J connectivity index is 2.02. The largest absolute Gasteiger partial charge is 0.349 e. The Morgan fingerprint density at radius 2 is 2.00 bits per heavy atom. The van der Waals surface area contributed by atoms with Crippen LogP contribution in [-0.2, 0) is 12.8 Å². The highest BCUT2D eigenvalue weighted by molar-refractivity contribution is 7.13. The molecule has 0 fully saturated rings. The van der Waals surface area contributed by atoms with Crippen LogP contribution < -0.4 is 5.32 Å².